The summed E-state index contributed by atoms with van der Waals surface area (Å²) < 4.78 is 0. The number of hydrogen-bond acceptors (Lipinski definition) is 3. The predicted octanol–water partition coefficient (Wildman–Crippen LogP) is 5.52. The summed E-state index contributed by atoms with van der Waals surface area (Å²) in [5, 5.41) is 21.6. The van der Waals surface area contributed by atoms with Crippen LogP contribution in [0.2, 0.25) is 0 Å². The standard InChI is InChI=1S/C27H49NO2/c1-17(2)7-6-8-18(3)21-9-10-22-20-15-24(30)27(28)16-19(29)11-14-26(27,5)23(20)12-13-25(21,22)4/h17-24,29-30H,6-16,28H2,1-5H3/t18-,19+,20+,21-,22+,23+,24-,25-,26-,27+/m1/s1. The highest BCUT2D eigenvalue weighted by atomic mass is 16.3. The number of aliphatic hydroxyl groups is 2. The van der Waals surface area contributed by atoms with Crippen LogP contribution in [0.1, 0.15) is 105 Å². The Bertz CT molecular complexity index is 622. The lowest BCUT2D eigenvalue weighted by molar-refractivity contribution is -0.184. The second-order valence-electron chi connectivity index (χ2n) is 13.0. The number of rotatable bonds is 5. The smallest absolute Gasteiger partial charge is 0.0728 e. The molecule has 0 aromatic rings. The van der Waals surface area contributed by atoms with E-state index in [-0.39, 0.29) is 11.5 Å². The highest BCUT2D eigenvalue weighted by molar-refractivity contribution is 5.19. The molecule has 4 rings (SSSR count). The first-order valence-corrected chi connectivity index (χ1v) is 13.2. The second-order valence-corrected chi connectivity index (χ2v) is 13.0. The molecule has 0 aromatic heterocycles. The molecule has 0 bridgehead atoms. The van der Waals surface area contributed by atoms with Crippen molar-refractivity contribution in [2.45, 2.75) is 123 Å². The van der Waals surface area contributed by atoms with E-state index in [2.05, 4.69) is 34.6 Å². The van der Waals surface area contributed by atoms with Crippen molar-refractivity contribution in [3.05, 3.63) is 0 Å². The fraction of sp³-hybridized carbons (Fsp3) is 1.00. The van der Waals surface area contributed by atoms with Gasteiger partial charge in [-0.2, -0.15) is 0 Å². The van der Waals surface area contributed by atoms with Crippen LogP contribution in [0.4, 0.5) is 0 Å². The van der Waals surface area contributed by atoms with Gasteiger partial charge in [0.1, 0.15) is 0 Å². The van der Waals surface area contributed by atoms with Gasteiger partial charge in [-0.25, -0.2) is 0 Å². The van der Waals surface area contributed by atoms with Crippen LogP contribution in [0.5, 0.6) is 0 Å². The maximum absolute atomic E-state index is 11.3. The number of nitrogens with two attached hydrogens (primary N) is 1. The average molecular weight is 420 g/mol. The van der Waals surface area contributed by atoms with Crippen LogP contribution in [0.15, 0.2) is 0 Å². The molecule has 4 aliphatic carbocycles. The Morgan fingerprint density at radius 3 is 2.37 bits per heavy atom. The van der Waals surface area contributed by atoms with E-state index in [0.29, 0.717) is 23.7 Å². The first-order chi connectivity index (χ1) is 14.0. The molecule has 4 saturated carbocycles. The van der Waals surface area contributed by atoms with Gasteiger partial charge in [-0.1, -0.05) is 53.9 Å². The number of aliphatic hydroxyl groups excluding tert-OH is 2. The van der Waals surface area contributed by atoms with E-state index in [1.807, 2.05) is 0 Å². The molecule has 0 aliphatic heterocycles. The molecule has 0 heterocycles. The maximum atomic E-state index is 11.3. The summed E-state index contributed by atoms with van der Waals surface area (Å²) in [6.45, 7) is 12.2. The molecule has 30 heavy (non-hydrogen) atoms. The van der Waals surface area contributed by atoms with Crippen molar-refractivity contribution < 1.29 is 10.2 Å². The van der Waals surface area contributed by atoms with Gasteiger partial charge in [-0.05, 0) is 97.7 Å². The summed E-state index contributed by atoms with van der Waals surface area (Å²) in [5.74, 6) is 4.46. The lowest BCUT2D eigenvalue weighted by Crippen LogP contribution is -2.72. The fourth-order valence-corrected chi connectivity index (χ4v) is 9.37. The zero-order chi connectivity index (χ0) is 21.9. The van der Waals surface area contributed by atoms with Gasteiger partial charge in [-0.15, -0.1) is 0 Å². The Balaban J connectivity index is 1.53. The monoisotopic (exact) mass is 419 g/mol. The third-order valence-corrected chi connectivity index (χ3v) is 11.2. The Morgan fingerprint density at radius 2 is 1.67 bits per heavy atom. The van der Waals surface area contributed by atoms with E-state index in [1.165, 1.54) is 44.9 Å². The second kappa shape index (κ2) is 8.03. The summed E-state index contributed by atoms with van der Waals surface area (Å²) in [5.41, 5.74) is 6.76. The molecule has 174 valence electrons. The zero-order valence-corrected chi connectivity index (χ0v) is 20.4. The highest BCUT2D eigenvalue weighted by Gasteiger charge is 2.66. The van der Waals surface area contributed by atoms with Crippen LogP contribution in [0.3, 0.4) is 0 Å². The van der Waals surface area contributed by atoms with Gasteiger partial charge in [0.25, 0.3) is 0 Å². The van der Waals surface area contributed by atoms with Crippen LogP contribution in [-0.2, 0) is 0 Å². The molecular weight excluding hydrogens is 370 g/mol. The highest BCUT2D eigenvalue weighted by Crippen LogP contribution is 2.68. The Morgan fingerprint density at radius 1 is 0.933 bits per heavy atom. The quantitative estimate of drug-likeness (QED) is 0.549. The van der Waals surface area contributed by atoms with Gasteiger partial charge in [0.2, 0.25) is 0 Å². The molecule has 0 unspecified atom stereocenters. The fourth-order valence-electron chi connectivity index (χ4n) is 9.37. The van der Waals surface area contributed by atoms with Crippen molar-refractivity contribution in [2.24, 2.45) is 52.1 Å². The first kappa shape index (κ1) is 23.1. The van der Waals surface area contributed by atoms with E-state index >= 15 is 0 Å². The van der Waals surface area contributed by atoms with E-state index in [4.69, 9.17) is 5.73 Å². The van der Waals surface area contributed by atoms with E-state index in [9.17, 15) is 10.2 Å². The molecule has 4 aliphatic rings. The summed E-state index contributed by atoms with van der Waals surface area (Å²) in [6.07, 6.45) is 11.9. The number of fused-ring (bicyclic) bond motifs is 5. The molecule has 0 amide bonds. The van der Waals surface area contributed by atoms with Crippen LogP contribution in [0, 0.1) is 46.3 Å². The minimum absolute atomic E-state index is 0.0309. The molecule has 0 spiro atoms. The lowest BCUT2D eigenvalue weighted by atomic mass is 9.41. The third-order valence-electron chi connectivity index (χ3n) is 11.2. The van der Waals surface area contributed by atoms with Gasteiger partial charge < -0.3 is 15.9 Å². The van der Waals surface area contributed by atoms with Gasteiger partial charge in [-0.3, -0.25) is 0 Å². The van der Waals surface area contributed by atoms with Crippen molar-refractivity contribution >= 4 is 0 Å². The van der Waals surface area contributed by atoms with Crippen molar-refractivity contribution in [3.8, 4) is 0 Å². The summed E-state index contributed by atoms with van der Waals surface area (Å²) in [7, 11) is 0. The van der Waals surface area contributed by atoms with Crippen molar-refractivity contribution in [2.75, 3.05) is 0 Å². The minimum atomic E-state index is -0.609. The van der Waals surface area contributed by atoms with E-state index in [1.54, 1.807) is 0 Å². The topological polar surface area (TPSA) is 66.5 Å². The zero-order valence-electron chi connectivity index (χ0n) is 20.4. The SMILES string of the molecule is CC(C)CCC[C@@H](C)[C@H]1CC[C@H]2[C@@H]3C[C@@H](O)[C@@]4(N)C[C@@H](O)CC[C@]4(C)[C@H]3CC[C@]12C. The van der Waals surface area contributed by atoms with Crippen LogP contribution < -0.4 is 5.73 Å². The summed E-state index contributed by atoms with van der Waals surface area (Å²) >= 11 is 0. The first-order valence-electron chi connectivity index (χ1n) is 13.2. The molecule has 0 saturated heterocycles. The predicted molar refractivity (Wildman–Crippen MR) is 124 cm³/mol. The van der Waals surface area contributed by atoms with Crippen molar-refractivity contribution in [1.29, 1.82) is 0 Å². The van der Waals surface area contributed by atoms with E-state index < -0.39 is 11.6 Å². The van der Waals surface area contributed by atoms with E-state index in [0.717, 1.165) is 42.9 Å². The lowest BCUT2D eigenvalue weighted by Gasteiger charge is -2.66. The average Bonchev–Trinajstić information content (AvgIpc) is 3.01. The van der Waals surface area contributed by atoms with Crippen molar-refractivity contribution in [3.63, 3.8) is 0 Å². The molecule has 0 aromatic carbocycles. The van der Waals surface area contributed by atoms with Crippen LogP contribution in [0.25, 0.3) is 0 Å². The molecule has 4 fully saturated rings. The van der Waals surface area contributed by atoms with Gasteiger partial charge in [0, 0.05) is 5.54 Å². The molecule has 4 N–H and O–H groups in total. The van der Waals surface area contributed by atoms with Crippen molar-refractivity contribution in [1.82, 2.24) is 0 Å². The van der Waals surface area contributed by atoms with Gasteiger partial charge in [0.15, 0.2) is 0 Å². The molecule has 10 atom stereocenters. The molecule has 0 radical (unpaired) electrons. The van der Waals surface area contributed by atoms with Gasteiger partial charge >= 0.3 is 0 Å². The molecule has 3 nitrogen and oxygen atoms in total. The Hall–Kier alpha value is -0.120. The minimum Gasteiger partial charge on any atom is -0.393 e. The number of hydrogen-bond donors (Lipinski definition) is 3. The summed E-state index contributed by atoms with van der Waals surface area (Å²) in [4.78, 5) is 0. The summed E-state index contributed by atoms with van der Waals surface area (Å²) in [6, 6.07) is 0. The molecular formula is C27H49NO2. The van der Waals surface area contributed by atoms with Gasteiger partial charge in [0.05, 0.1) is 12.2 Å². The Kier molecular flexibility index (Phi) is 6.17. The third kappa shape index (κ3) is 3.41. The van der Waals surface area contributed by atoms with Crippen LogP contribution in [-0.4, -0.2) is 28.0 Å². The Labute approximate surface area is 185 Å². The maximum Gasteiger partial charge on any atom is 0.0728 e. The largest absolute Gasteiger partial charge is 0.393 e. The molecule has 3 heteroatoms. The van der Waals surface area contributed by atoms with Crippen LogP contribution >= 0.6 is 0 Å². The normalized spacial score (nSPS) is 51.9.